The first kappa shape index (κ1) is 27.8. The minimum atomic E-state index is -4.45. The van der Waals surface area contributed by atoms with Gasteiger partial charge in [-0.2, -0.15) is 13.2 Å². The van der Waals surface area contributed by atoms with Gasteiger partial charge >= 0.3 is 6.18 Å². The van der Waals surface area contributed by atoms with Crippen molar-refractivity contribution >= 4 is 11.8 Å². The maximum atomic E-state index is 13.5. The Labute approximate surface area is 212 Å². The molecule has 0 atom stereocenters. The summed E-state index contributed by atoms with van der Waals surface area (Å²) < 4.78 is 39.1. The standard InChI is InChI=1S/C29H37F3N2O2/c1-26(2,3)22-15-20(16-23(17-22)27(4,5)6)24(35)34-28(12-7-8-13-28)25(36)33-18-19-10-9-11-21(14-19)29(30,31)32/h9-11,14-17H,7-8,12-13,18H2,1-6H3,(H,33,36)(H,34,35). The molecule has 2 aromatic carbocycles. The van der Waals surface area contributed by atoms with Gasteiger partial charge in [0, 0.05) is 12.1 Å². The summed E-state index contributed by atoms with van der Waals surface area (Å²) in [7, 11) is 0. The maximum absolute atomic E-state index is 13.5. The number of carbonyl (C=O) groups excluding carboxylic acids is 2. The maximum Gasteiger partial charge on any atom is 0.416 e. The summed E-state index contributed by atoms with van der Waals surface area (Å²) in [6.07, 6.45) is -1.91. The van der Waals surface area contributed by atoms with E-state index in [1.54, 1.807) is 6.07 Å². The summed E-state index contributed by atoms with van der Waals surface area (Å²) in [4.78, 5) is 26.8. The molecule has 7 heteroatoms. The zero-order valence-corrected chi connectivity index (χ0v) is 22.0. The molecule has 0 saturated heterocycles. The number of nitrogens with one attached hydrogen (secondary N) is 2. The molecule has 0 aliphatic heterocycles. The van der Waals surface area contributed by atoms with Gasteiger partial charge in [-0.1, -0.05) is 72.6 Å². The second kappa shape index (κ2) is 9.91. The fourth-order valence-electron chi connectivity index (χ4n) is 4.51. The number of amides is 2. The van der Waals surface area contributed by atoms with E-state index in [0.29, 0.717) is 24.0 Å². The summed E-state index contributed by atoms with van der Waals surface area (Å²) in [6, 6.07) is 10.8. The van der Waals surface area contributed by atoms with Crippen LogP contribution in [0.25, 0.3) is 0 Å². The van der Waals surface area contributed by atoms with Gasteiger partial charge in [-0.3, -0.25) is 9.59 Å². The van der Waals surface area contributed by atoms with Crippen LogP contribution in [0, 0.1) is 0 Å². The average Bonchev–Trinajstić information content (AvgIpc) is 3.25. The van der Waals surface area contributed by atoms with Crippen LogP contribution in [-0.2, 0) is 28.3 Å². The summed E-state index contributed by atoms with van der Waals surface area (Å²) in [5.41, 5.74) is 0.760. The molecule has 0 bridgehead atoms. The SMILES string of the molecule is CC(C)(C)c1cc(C(=O)NC2(C(=O)NCc3cccc(C(F)(F)F)c3)CCCC2)cc(C(C)(C)C)c1. The second-order valence-corrected chi connectivity index (χ2v) is 11.9. The van der Waals surface area contributed by atoms with Gasteiger partial charge in [-0.25, -0.2) is 0 Å². The van der Waals surface area contributed by atoms with Crippen molar-refractivity contribution in [3.05, 3.63) is 70.3 Å². The lowest BCUT2D eigenvalue weighted by molar-refractivity contribution is -0.137. The normalized spacial score (nSPS) is 16.0. The van der Waals surface area contributed by atoms with Gasteiger partial charge in [-0.15, -0.1) is 0 Å². The topological polar surface area (TPSA) is 58.2 Å². The molecule has 2 N–H and O–H groups in total. The Morgan fingerprint density at radius 1 is 0.833 bits per heavy atom. The highest BCUT2D eigenvalue weighted by Gasteiger charge is 2.42. The van der Waals surface area contributed by atoms with E-state index in [1.807, 2.05) is 12.1 Å². The monoisotopic (exact) mass is 502 g/mol. The highest BCUT2D eigenvalue weighted by Crippen LogP contribution is 2.33. The Balaban J connectivity index is 1.83. The molecular formula is C29H37F3N2O2. The predicted molar refractivity (Wildman–Crippen MR) is 136 cm³/mol. The minimum absolute atomic E-state index is 0.0476. The van der Waals surface area contributed by atoms with E-state index in [1.165, 1.54) is 6.07 Å². The van der Waals surface area contributed by atoms with E-state index in [9.17, 15) is 22.8 Å². The van der Waals surface area contributed by atoms with Crippen LogP contribution in [0.5, 0.6) is 0 Å². The van der Waals surface area contributed by atoms with Crippen molar-refractivity contribution in [2.75, 3.05) is 0 Å². The van der Waals surface area contributed by atoms with E-state index in [2.05, 4.69) is 58.2 Å². The Hall–Kier alpha value is -2.83. The van der Waals surface area contributed by atoms with Gasteiger partial charge in [0.1, 0.15) is 5.54 Å². The summed E-state index contributed by atoms with van der Waals surface area (Å²) >= 11 is 0. The number of hydrogen-bond acceptors (Lipinski definition) is 2. The Morgan fingerprint density at radius 2 is 1.39 bits per heavy atom. The molecule has 196 valence electrons. The van der Waals surface area contributed by atoms with E-state index in [4.69, 9.17) is 0 Å². The molecule has 1 aliphatic carbocycles. The molecule has 0 unspecified atom stereocenters. The molecule has 2 aromatic rings. The van der Waals surface area contributed by atoms with Crippen molar-refractivity contribution in [2.45, 2.75) is 96.3 Å². The largest absolute Gasteiger partial charge is 0.416 e. The Morgan fingerprint density at radius 3 is 1.89 bits per heavy atom. The molecule has 2 amide bonds. The van der Waals surface area contributed by atoms with Crippen LogP contribution >= 0.6 is 0 Å². The lowest BCUT2D eigenvalue weighted by Crippen LogP contribution is -2.57. The molecule has 1 fully saturated rings. The number of rotatable bonds is 5. The van der Waals surface area contributed by atoms with Gasteiger partial charge in [0.2, 0.25) is 5.91 Å². The Bertz CT molecular complexity index is 1090. The van der Waals surface area contributed by atoms with Crippen LogP contribution < -0.4 is 10.6 Å². The van der Waals surface area contributed by atoms with Crippen molar-refractivity contribution in [3.8, 4) is 0 Å². The van der Waals surface area contributed by atoms with Crippen molar-refractivity contribution in [1.29, 1.82) is 0 Å². The number of carbonyl (C=O) groups is 2. The molecule has 0 aromatic heterocycles. The first-order valence-electron chi connectivity index (χ1n) is 12.4. The van der Waals surface area contributed by atoms with Gasteiger partial charge in [0.25, 0.3) is 5.91 Å². The molecule has 0 spiro atoms. The Kier molecular flexibility index (Phi) is 7.64. The molecule has 36 heavy (non-hydrogen) atoms. The first-order valence-corrected chi connectivity index (χ1v) is 12.4. The summed E-state index contributed by atoms with van der Waals surface area (Å²) in [5.74, 6) is -0.684. The van der Waals surface area contributed by atoms with Gasteiger partial charge in [0.05, 0.1) is 5.56 Å². The van der Waals surface area contributed by atoms with E-state index in [0.717, 1.165) is 36.1 Å². The number of alkyl halides is 3. The molecule has 0 radical (unpaired) electrons. The number of halogens is 3. The molecule has 1 saturated carbocycles. The number of hydrogen-bond donors (Lipinski definition) is 2. The van der Waals surface area contributed by atoms with Crippen LogP contribution in [0.2, 0.25) is 0 Å². The first-order chi connectivity index (χ1) is 16.5. The van der Waals surface area contributed by atoms with E-state index >= 15 is 0 Å². The zero-order valence-electron chi connectivity index (χ0n) is 22.0. The molecule has 1 aliphatic rings. The van der Waals surface area contributed by atoms with Crippen LogP contribution in [0.4, 0.5) is 13.2 Å². The van der Waals surface area contributed by atoms with Gasteiger partial charge in [0.15, 0.2) is 0 Å². The molecule has 4 nitrogen and oxygen atoms in total. The fourth-order valence-corrected chi connectivity index (χ4v) is 4.51. The highest BCUT2D eigenvalue weighted by molar-refractivity contribution is 5.99. The van der Waals surface area contributed by atoms with Crippen LogP contribution in [-0.4, -0.2) is 17.4 Å². The molecule has 0 heterocycles. The third-order valence-corrected chi connectivity index (χ3v) is 6.88. The third kappa shape index (κ3) is 6.48. The predicted octanol–water partition coefficient (Wildman–Crippen LogP) is 6.66. The highest BCUT2D eigenvalue weighted by atomic mass is 19.4. The third-order valence-electron chi connectivity index (χ3n) is 6.88. The average molecular weight is 503 g/mol. The smallest absolute Gasteiger partial charge is 0.350 e. The fraction of sp³-hybridized carbons (Fsp3) is 0.517. The zero-order chi connectivity index (χ0) is 26.9. The second-order valence-electron chi connectivity index (χ2n) is 11.9. The quantitative estimate of drug-likeness (QED) is 0.480. The summed E-state index contributed by atoms with van der Waals surface area (Å²) in [5, 5.41) is 5.77. The minimum Gasteiger partial charge on any atom is -0.350 e. The molecular weight excluding hydrogens is 465 g/mol. The van der Waals surface area contributed by atoms with E-state index < -0.39 is 17.3 Å². The lowest BCUT2D eigenvalue weighted by atomic mass is 9.79. The van der Waals surface area contributed by atoms with Crippen molar-refractivity contribution in [3.63, 3.8) is 0 Å². The number of benzene rings is 2. The van der Waals surface area contributed by atoms with Gasteiger partial charge < -0.3 is 10.6 Å². The van der Waals surface area contributed by atoms with Crippen molar-refractivity contribution in [1.82, 2.24) is 10.6 Å². The van der Waals surface area contributed by atoms with Crippen LogP contribution in [0.3, 0.4) is 0 Å². The van der Waals surface area contributed by atoms with Crippen molar-refractivity contribution in [2.24, 2.45) is 0 Å². The van der Waals surface area contributed by atoms with Crippen LogP contribution in [0.1, 0.15) is 99.8 Å². The van der Waals surface area contributed by atoms with E-state index in [-0.39, 0.29) is 29.2 Å². The van der Waals surface area contributed by atoms with Gasteiger partial charge in [-0.05, 0) is 64.6 Å². The van der Waals surface area contributed by atoms with Crippen molar-refractivity contribution < 1.29 is 22.8 Å². The summed E-state index contributed by atoms with van der Waals surface area (Å²) in [6.45, 7) is 12.5. The molecule has 3 rings (SSSR count). The van der Waals surface area contributed by atoms with Crippen LogP contribution in [0.15, 0.2) is 42.5 Å². The lowest BCUT2D eigenvalue weighted by Gasteiger charge is -2.30.